The Morgan fingerprint density at radius 2 is 1.83 bits per heavy atom. The summed E-state index contributed by atoms with van der Waals surface area (Å²) in [6.45, 7) is 8.85. The number of carbonyl (C=O) groups excluding carboxylic acids is 6. The Kier molecular flexibility index (Phi) is 12.4. The van der Waals surface area contributed by atoms with E-state index < -0.39 is 83.2 Å². The van der Waals surface area contributed by atoms with E-state index in [0.29, 0.717) is 30.5 Å². The van der Waals surface area contributed by atoms with E-state index in [-0.39, 0.29) is 44.8 Å². The molecule has 1 aromatic rings. The number of aliphatic hydroxyl groups excluding tert-OH is 1. The summed E-state index contributed by atoms with van der Waals surface area (Å²) in [5.41, 5.74) is -0.159. The number of rotatable bonds is 12. The molecule has 3 saturated heterocycles. The minimum Gasteiger partial charge on any atom is -0.462 e. The van der Waals surface area contributed by atoms with Crippen molar-refractivity contribution in [1.29, 1.82) is 0 Å². The van der Waals surface area contributed by atoms with Crippen LogP contribution in [0.4, 0.5) is 0 Å². The van der Waals surface area contributed by atoms with E-state index >= 15 is 0 Å². The van der Waals surface area contributed by atoms with Crippen LogP contribution in [-0.4, -0.2) is 114 Å². The molecule has 15 nitrogen and oxygen atoms in total. The van der Waals surface area contributed by atoms with Gasteiger partial charge in [-0.3, -0.25) is 14.4 Å². The quantitative estimate of drug-likeness (QED) is 0.181. The van der Waals surface area contributed by atoms with Gasteiger partial charge in [0.15, 0.2) is 0 Å². The van der Waals surface area contributed by atoms with Gasteiger partial charge in [0, 0.05) is 36.5 Å². The van der Waals surface area contributed by atoms with E-state index in [0.717, 1.165) is 0 Å². The molecule has 2 amide bonds. The maximum atomic E-state index is 13.9. The van der Waals surface area contributed by atoms with Crippen LogP contribution in [0.5, 0.6) is 0 Å². The molecular weight excluding hydrogens is 692 g/mol. The monoisotopic (exact) mass is 740 g/mol. The highest BCUT2D eigenvalue weighted by atomic mass is 16.7. The predicted molar refractivity (Wildman–Crippen MR) is 185 cm³/mol. The molecule has 3 fully saturated rings. The summed E-state index contributed by atoms with van der Waals surface area (Å²) in [7, 11) is 0. The molecule has 0 aromatic heterocycles. The molecule has 0 radical (unpaired) electrons. The van der Waals surface area contributed by atoms with Gasteiger partial charge in [-0.15, -0.1) is 0 Å². The van der Waals surface area contributed by atoms with Crippen molar-refractivity contribution in [3.05, 3.63) is 53.1 Å². The summed E-state index contributed by atoms with van der Waals surface area (Å²) in [5.74, 6) is -3.23. The van der Waals surface area contributed by atoms with Crippen LogP contribution in [0.2, 0.25) is 0 Å². The lowest BCUT2D eigenvalue weighted by Crippen LogP contribution is -2.51. The molecule has 0 spiro atoms. The van der Waals surface area contributed by atoms with Crippen LogP contribution in [0.3, 0.4) is 0 Å². The number of fused-ring (bicyclic) bond motifs is 1. The lowest BCUT2D eigenvalue weighted by Gasteiger charge is -2.33. The van der Waals surface area contributed by atoms with Gasteiger partial charge in [0.2, 0.25) is 17.9 Å². The average Bonchev–Trinajstić information content (AvgIpc) is 3.85. The largest absolute Gasteiger partial charge is 0.462 e. The number of hydrogen-bond acceptors (Lipinski definition) is 13. The molecule has 3 aliphatic heterocycles. The first-order valence-corrected chi connectivity index (χ1v) is 17.8. The number of amides is 2. The van der Waals surface area contributed by atoms with Gasteiger partial charge in [0.05, 0.1) is 18.2 Å². The summed E-state index contributed by atoms with van der Waals surface area (Å²) in [6.07, 6.45) is 2.39. The van der Waals surface area contributed by atoms with Crippen LogP contribution in [-0.2, 0) is 52.4 Å². The minimum atomic E-state index is -1.000. The van der Waals surface area contributed by atoms with Crippen LogP contribution in [0.25, 0.3) is 6.08 Å². The van der Waals surface area contributed by atoms with Crippen molar-refractivity contribution < 1.29 is 62.3 Å². The average molecular weight is 741 g/mol. The van der Waals surface area contributed by atoms with E-state index in [1.165, 1.54) is 29.2 Å². The molecule has 6 atom stereocenters. The van der Waals surface area contributed by atoms with Crippen molar-refractivity contribution >= 4 is 41.8 Å². The highest BCUT2D eigenvalue weighted by Crippen LogP contribution is 2.33. The van der Waals surface area contributed by atoms with E-state index in [4.69, 9.17) is 28.4 Å². The maximum Gasteiger partial charge on any atom is 0.348 e. The number of hydrogen-bond donors (Lipinski definition) is 2. The molecule has 4 aliphatic rings. The Hall–Kier alpha value is -4.60. The number of ether oxygens (including phenoxy) is 6. The number of likely N-dealkylation sites (tertiary alicyclic amines) is 1. The first-order chi connectivity index (χ1) is 25.0. The Morgan fingerprint density at radius 1 is 1.09 bits per heavy atom. The van der Waals surface area contributed by atoms with Gasteiger partial charge < -0.3 is 43.7 Å². The molecule has 288 valence electrons. The Balaban J connectivity index is 1.17. The van der Waals surface area contributed by atoms with Crippen molar-refractivity contribution in [2.24, 2.45) is 5.41 Å². The van der Waals surface area contributed by atoms with Gasteiger partial charge in [0.25, 0.3) is 0 Å². The van der Waals surface area contributed by atoms with Crippen molar-refractivity contribution in [2.75, 3.05) is 26.6 Å². The number of esters is 4. The molecule has 5 rings (SSSR count). The van der Waals surface area contributed by atoms with Gasteiger partial charge in [-0.25, -0.2) is 14.4 Å². The van der Waals surface area contributed by atoms with Gasteiger partial charge >= 0.3 is 23.9 Å². The summed E-state index contributed by atoms with van der Waals surface area (Å²) >= 11 is 0. The SMILES string of the molecule is CC(C)(C)OC(=O)CC[C@@H](CO)NC(=O)[C@H]1CCCN1C(=O)C1=C[C@H]2OCO[C@H]2[C@H](OC(=O)c2ccc(C=CC(=O)O[C@H]3C(=O)OCC3(C)C)cc2)C1. The summed E-state index contributed by atoms with van der Waals surface area (Å²) < 4.78 is 32.9. The van der Waals surface area contributed by atoms with Crippen LogP contribution >= 0.6 is 0 Å². The fourth-order valence-electron chi connectivity index (χ4n) is 6.56. The third-order valence-electron chi connectivity index (χ3n) is 9.33. The number of nitrogens with zero attached hydrogens (tertiary/aromatic N) is 1. The van der Waals surface area contributed by atoms with Gasteiger partial charge in [-0.2, -0.15) is 0 Å². The Morgan fingerprint density at radius 3 is 2.49 bits per heavy atom. The van der Waals surface area contributed by atoms with E-state index in [2.05, 4.69) is 5.32 Å². The molecule has 1 aromatic carbocycles. The molecule has 0 saturated carbocycles. The van der Waals surface area contributed by atoms with Crippen molar-refractivity contribution in [3.63, 3.8) is 0 Å². The molecular formula is C38H48N2O13. The van der Waals surface area contributed by atoms with E-state index in [1.807, 2.05) is 0 Å². The molecule has 2 N–H and O–H groups in total. The zero-order valence-electron chi connectivity index (χ0n) is 30.7. The number of cyclic esters (lactones) is 1. The van der Waals surface area contributed by atoms with Gasteiger partial charge in [0.1, 0.15) is 43.4 Å². The zero-order valence-corrected chi connectivity index (χ0v) is 30.7. The highest BCUT2D eigenvalue weighted by Gasteiger charge is 2.47. The maximum absolute atomic E-state index is 13.9. The van der Waals surface area contributed by atoms with E-state index in [9.17, 15) is 33.9 Å². The molecule has 0 unspecified atom stereocenters. The first-order valence-electron chi connectivity index (χ1n) is 17.8. The molecule has 53 heavy (non-hydrogen) atoms. The smallest absolute Gasteiger partial charge is 0.348 e. The lowest BCUT2D eigenvalue weighted by atomic mass is 9.90. The first kappa shape index (κ1) is 39.6. The Bertz CT molecular complexity index is 1630. The van der Waals surface area contributed by atoms with E-state index in [1.54, 1.807) is 52.8 Å². The fourth-order valence-corrected chi connectivity index (χ4v) is 6.56. The van der Waals surface area contributed by atoms with Crippen LogP contribution < -0.4 is 5.32 Å². The summed E-state index contributed by atoms with van der Waals surface area (Å²) in [6, 6.07) is 4.78. The van der Waals surface area contributed by atoms with Crippen molar-refractivity contribution in [2.45, 2.75) is 109 Å². The summed E-state index contributed by atoms with van der Waals surface area (Å²) in [4.78, 5) is 78.4. The molecule has 0 bridgehead atoms. The van der Waals surface area contributed by atoms with Gasteiger partial charge in [-0.05, 0) is 69.9 Å². The third kappa shape index (κ3) is 10.1. The van der Waals surface area contributed by atoms with Crippen molar-refractivity contribution in [1.82, 2.24) is 10.2 Å². The molecule has 15 heteroatoms. The second-order valence-electron chi connectivity index (χ2n) is 15.3. The van der Waals surface area contributed by atoms with Crippen LogP contribution in [0.1, 0.15) is 82.6 Å². The fraction of sp³-hybridized carbons (Fsp3) is 0.579. The van der Waals surface area contributed by atoms with Crippen LogP contribution in [0.15, 0.2) is 42.0 Å². The zero-order chi connectivity index (χ0) is 38.5. The number of nitrogens with one attached hydrogen (secondary N) is 1. The van der Waals surface area contributed by atoms with Gasteiger partial charge in [-0.1, -0.05) is 26.0 Å². The topological polar surface area (TPSA) is 193 Å². The highest BCUT2D eigenvalue weighted by molar-refractivity contribution is 5.98. The number of carbonyl (C=O) groups is 6. The summed E-state index contributed by atoms with van der Waals surface area (Å²) in [5, 5.41) is 12.7. The molecule has 1 aliphatic carbocycles. The predicted octanol–water partition coefficient (Wildman–Crippen LogP) is 2.38. The molecule has 3 heterocycles. The van der Waals surface area contributed by atoms with Crippen LogP contribution in [0, 0.1) is 5.41 Å². The number of benzene rings is 1. The normalized spacial score (nSPS) is 25.6. The minimum absolute atomic E-state index is 0.00493. The van der Waals surface area contributed by atoms with Crippen molar-refractivity contribution in [3.8, 4) is 0 Å². The second kappa shape index (κ2) is 16.6. The number of aliphatic hydroxyl groups is 1. The third-order valence-corrected chi connectivity index (χ3v) is 9.33. The standard InChI is InChI=1S/C38H48N2O13/c1-37(2,3)53-30(43)15-13-25(19-41)39-33(44)26-7-6-16-40(26)34(45)24-17-27-31(50-21-49-27)28(18-24)51-35(46)23-11-8-22(9-12-23)10-14-29(42)52-32-36(47)48-20-38(32,4)5/h8-12,14,17,25-28,31-32,41H,6-7,13,15-16,18-21H2,1-5H3,(H,39,44)/t25-,26+,27+,28+,31+,32-/m0/s1. The second-order valence-corrected chi connectivity index (χ2v) is 15.3. The lowest BCUT2D eigenvalue weighted by molar-refractivity contribution is -0.159. The Labute approximate surface area is 307 Å².